The van der Waals surface area contributed by atoms with Gasteiger partial charge in [-0.25, -0.2) is 13.5 Å². The van der Waals surface area contributed by atoms with Crippen LogP contribution in [0, 0.1) is 11.6 Å². The zero-order chi connectivity index (χ0) is 20.9. The fourth-order valence-electron chi connectivity index (χ4n) is 4.30. The third-order valence-corrected chi connectivity index (χ3v) is 5.68. The molecule has 0 spiro atoms. The number of hydrogen-bond acceptors (Lipinski definition) is 4. The van der Waals surface area contributed by atoms with Crippen molar-refractivity contribution in [3.8, 4) is 5.75 Å². The normalized spacial score (nSPS) is 19.0. The number of halogens is 2. The summed E-state index contributed by atoms with van der Waals surface area (Å²) in [5.74, 6) is 0.673. The Morgan fingerprint density at radius 3 is 2.26 bits per heavy atom. The minimum absolute atomic E-state index is 0.314. The second kappa shape index (κ2) is 6.77. The molecular weight excluding hydrogens is 398 g/mol. The zero-order valence-electron chi connectivity index (χ0n) is 16.2. The SMILES string of the molecule is Fc1ccc([C@H]2C3=C(Nc4ncnn42)c2ccccc2O[C@@H]3c2ccc(F)cc2)cc1. The van der Waals surface area contributed by atoms with Crippen LogP contribution in [0.3, 0.4) is 0 Å². The van der Waals surface area contributed by atoms with Crippen molar-refractivity contribution >= 4 is 11.6 Å². The zero-order valence-corrected chi connectivity index (χ0v) is 16.2. The number of fused-ring (bicyclic) bond motifs is 3. The van der Waals surface area contributed by atoms with E-state index in [-0.39, 0.29) is 17.7 Å². The van der Waals surface area contributed by atoms with E-state index < -0.39 is 6.10 Å². The summed E-state index contributed by atoms with van der Waals surface area (Å²) in [5, 5.41) is 7.82. The average molecular weight is 414 g/mol. The van der Waals surface area contributed by atoms with E-state index in [9.17, 15) is 8.78 Å². The van der Waals surface area contributed by atoms with Gasteiger partial charge in [0.05, 0.1) is 5.70 Å². The van der Waals surface area contributed by atoms with Crippen molar-refractivity contribution in [1.29, 1.82) is 0 Å². The van der Waals surface area contributed by atoms with Gasteiger partial charge in [0.1, 0.15) is 35.9 Å². The monoisotopic (exact) mass is 414 g/mol. The number of aromatic nitrogens is 3. The highest BCUT2D eigenvalue weighted by Gasteiger charge is 2.40. The van der Waals surface area contributed by atoms with Crippen molar-refractivity contribution in [3.05, 3.63) is 113 Å². The van der Waals surface area contributed by atoms with Gasteiger partial charge >= 0.3 is 0 Å². The van der Waals surface area contributed by atoms with Crippen molar-refractivity contribution in [2.45, 2.75) is 12.1 Å². The van der Waals surface area contributed by atoms with Gasteiger partial charge in [0, 0.05) is 11.1 Å². The number of hydrogen-bond donors (Lipinski definition) is 1. The first-order valence-electron chi connectivity index (χ1n) is 9.86. The van der Waals surface area contributed by atoms with Crippen molar-refractivity contribution in [3.63, 3.8) is 0 Å². The van der Waals surface area contributed by atoms with Crippen LogP contribution >= 0.6 is 0 Å². The molecule has 0 amide bonds. The molecule has 2 aliphatic rings. The van der Waals surface area contributed by atoms with E-state index in [0.29, 0.717) is 11.7 Å². The molecule has 3 heterocycles. The van der Waals surface area contributed by atoms with Gasteiger partial charge in [0.2, 0.25) is 5.95 Å². The standard InChI is InChI=1S/C24H16F2N4O/c25-16-9-5-14(6-10-16)22-20-21(29-24-27-13-28-30(22)24)18-3-1-2-4-19(18)31-23(20)15-7-11-17(26)12-8-15/h1-13,22-23H,(H,27,28,29)/t22-,23+/m0/s1. The van der Waals surface area contributed by atoms with Crippen molar-refractivity contribution in [1.82, 2.24) is 14.8 Å². The molecule has 5 nitrogen and oxygen atoms in total. The minimum Gasteiger partial charge on any atom is -0.480 e. The Balaban J connectivity index is 1.62. The van der Waals surface area contributed by atoms with Crippen LogP contribution in [0.1, 0.15) is 28.8 Å². The fourth-order valence-corrected chi connectivity index (χ4v) is 4.30. The molecule has 2 atom stereocenters. The Morgan fingerprint density at radius 2 is 1.52 bits per heavy atom. The molecule has 1 N–H and O–H groups in total. The predicted molar refractivity (Wildman–Crippen MR) is 111 cm³/mol. The molecule has 0 bridgehead atoms. The molecule has 2 aliphatic heterocycles. The first-order chi connectivity index (χ1) is 15.2. The lowest BCUT2D eigenvalue weighted by atomic mass is 9.84. The van der Waals surface area contributed by atoms with Gasteiger partial charge < -0.3 is 10.1 Å². The van der Waals surface area contributed by atoms with Crippen LogP contribution in [0.25, 0.3) is 5.70 Å². The van der Waals surface area contributed by atoms with Gasteiger partial charge in [-0.05, 0) is 47.5 Å². The van der Waals surface area contributed by atoms with Crippen LogP contribution in [0.15, 0.2) is 84.7 Å². The molecule has 4 aromatic rings. The predicted octanol–water partition coefficient (Wildman–Crippen LogP) is 5.12. The van der Waals surface area contributed by atoms with E-state index >= 15 is 0 Å². The molecule has 6 rings (SSSR count). The summed E-state index contributed by atoms with van der Waals surface area (Å²) >= 11 is 0. The summed E-state index contributed by atoms with van der Waals surface area (Å²) < 4.78 is 35.5. The van der Waals surface area contributed by atoms with Crippen molar-refractivity contribution < 1.29 is 13.5 Å². The lowest BCUT2D eigenvalue weighted by Gasteiger charge is -2.39. The summed E-state index contributed by atoms with van der Waals surface area (Å²) in [6.07, 6.45) is 0.988. The lowest BCUT2D eigenvalue weighted by molar-refractivity contribution is 0.223. The smallest absolute Gasteiger partial charge is 0.226 e. The molecule has 31 heavy (non-hydrogen) atoms. The quantitative estimate of drug-likeness (QED) is 0.495. The maximum absolute atomic E-state index is 13.7. The van der Waals surface area contributed by atoms with Gasteiger partial charge in [-0.15, -0.1) is 0 Å². The summed E-state index contributed by atoms with van der Waals surface area (Å²) in [4.78, 5) is 4.37. The molecule has 0 unspecified atom stereocenters. The maximum Gasteiger partial charge on any atom is 0.226 e. The van der Waals surface area contributed by atoms with Crippen LogP contribution in [-0.2, 0) is 0 Å². The Kier molecular flexibility index (Phi) is 3.89. The summed E-state index contributed by atoms with van der Waals surface area (Å²) in [6, 6.07) is 20.0. The van der Waals surface area contributed by atoms with Gasteiger partial charge in [-0.1, -0.05) is 36.4 Å². The van der Waals surface area contributed by atoms with Crippen LogP contribution in [0.2, 0.25) is 0 Å². The number of benzene rings is 3. The molecule has 1 aromatic heterocycles. The molecular formula is C24H16F2N4O. The molecule has 152 valence electrons. The Labute approximate surface area is 176 Å². The first-order valence-corrected chi connectivity index (χ1v) is 9.86. The van der Waals surface area contributed by atoms with Crippen molar-refractivity contribution in [2.75, 3.05) is 5.32 Å². The topological polar surface area (TPSA) is 52.0 Å². The van der Waals surface area contributed by atoms with E-state index in [1.807, 2.05) is 24.3 Å². The largest absolute Gasteiger partial charge is 0.480 e. The number of rotatable bonds is 2. The van der Waals surface area contributed by atoms with Gasteiger partial charge in [-0.3, -0.25) is 0 Å². The van der Waals surface area contributed by atoms with E-state index in [2.05, 4.69) is 15.4 Å². The first kappa shape index (κ1) is 17.8. The number of nitrogens with zero attached hydrogens (tertiary/aromatic N) is 3. The van der Waals surface area contributed by atoms with Crippen LogP contribution in [-0.4, -0.2) is 14.8 Å². The fraction of sp³-hybridized carbons (Fsp3) is 0.0833. The second-order valence-corrected chi connectivity index (χ2v) is 7.48. The van der Waals surface area contributed by atoms with E-state index in [0.717, 1.165) is 28.0 Å². The second-order valence-electron chi connectivity index (χ2n) is 7.48. The van der Waals surface area contributed by atoms with Gasteiger partial charge in [0.15, 0.2) is 0 Å². The highest BCUT2D eigenvalue weighted by atomic mass is 19.1. The summed E-state index contributed by atoms with van der Waals surface area (Å²) in [7, 11) is 0. The summed E-state index contributed by atoms with van der Waals surface area (Å²) in [6.45, 7) is 0. The molecule has 0 fully saturated rings. The Hall–Kier alpha value is -4.00. The third-order valence-electron chi connectivity index (χ3n) is 5.68. The van der Waals surface area contributed by atoms with E-state index in [4.69, 9.17) is 4.74 Å². The van der Waals surface area contributed by atoms with E-state index in [1.165, 1.54) is 30.6 Å². The molecule has 7 heteroatoms. The lowest BCUT2D eigenvalue weighted by Crippen LogP contribution is -2.32. The average Bonchev–Trinajstić information content (AvgIpc) is 3.27. The molecule has 0 saturated heterocycles. The van der Waals surface area contributed by atoms with Crippen LogP contribution in [0.4, 0.5) is 14.7 Å². The Bertz CT molecular complexity index is 1310. The van der Waals surface area contributed by atoms with E-state index in [1.54, 1.807) is 28.9 Å². The number of ether oxygens (including phenoxy) is 1. The molecule has 3 aromatic carbocycles. The summed E-state index contributed by atoms with van der Waals surface area (Å²) in [5.41, 5.74) is 4.32. The van der Waals surface area contributed by atoms with Gasteiger partial charge in [0.25, 0.3) is 0 Å². The highest BCUT2D eigenvalue weighted by Crippen LogP contribution is 2.50. The van der Waals surface area contributed by atoms with Crippen molar-refractivity contribution in [2.24, 2.45) is 0 Å². The van der Waals surface area contributed by atoms with Crippen LogP contribution in [0.5, 0.6) is 5.75 Å². The van der Waals surface area contributed by atoms with Crippen LogP contribution < -0.4 is 10.1 Å². The number of anilines is 1. The molecule has 0 saturated carbocycles. The maximum atomic E-state index is 13.7. The molecule has 0 aliphatic carbocycles. The minimum atomic E-state index is -0.495. The third kappa shape index (κ3) is 2.81. The molecule has 0 radical (unpaired) electrons. The number of para-hydroxylation sites is 1. The highest BCUT2D eigenvalue weighted by molar-refractivity contribution is 5.85. The Morgan fingerprint density at radius 1 is 0.839 bits per heavy atom. The number of nitrogens with one attached hydrogen (secondary N) is 1. The van der Waals surface area contributed by atoms with Gasteiger partial charge in [-0.2, -0.15) is 10.1 Å².